The molecule has 0 bridgehead atoms. The number of piperidine rings is 1. The summed E-state index contributed by atoms with van der Waals surface area (Å²) in [6, 6.07) is 0.963. The maximum Gasteiger partial charge on any atom is 0.223 e. The molecule has 5 nitrogen and oxygen atoms in total. The summed E-state index contributed by atoms with van der Waals surface area (Å²) in [4.78, 5) is 15.1. The van der Waals surface area contributed by atoms with Gasteiger partial charge in [0, 0.05) is 44.3 Å². The van der Waals surface area contributed by atoms with Crippen molar-refractivity contribution in [3.05, 3.63) is 0 Å². The van der Waals surface area contributed by atoms with Crippen LogP contribution in [0.4, 0.5) is 0 Å². The summed E-state index contributed by atoms with van der Waals surface area (Å²) in [5.41, 5.74) is 0. The third-order valence-electron chi connectivity index (χ3n) is 5.65. The maximum atomic E-state index is 12.6. The van der Waals surface area contributed by atoms with Gasteiger partial charge in [-0.15, -0.1) is 0 Å². The molecule has 0 aromatic heterocycles. The topological polar surface area (TPSA) is 50.8 Å². The molecule has 5 heteroatoms. The van der Waals surface area contributed by atoms with Gasteiger partial charge < -0.3 is 14.8 Å². The second-order valence-electron chi connectivity index (χ2n) is 7.34. The van der Waals surface area contributed by atoms with E-state index in [1.807, 2.05) is 0 Å². The molecule has 1 amide bonds. The minimum atomic E-state index is 0.154. The fourth-order valence-corrected chi connectivity index (χ4v) is 4.18. The van der Waals surface area contributed by atoms with Gasteiger partial charge in [-0.05, 0) is 38.5 Å². The highest BCUT2D eigenvalue weighted by molar-refractivity contribution is 5.79. The number of carbonyl (C=O) groups is 1. The average Bonchev–Trinajstić information content (AvgIpc) is 3.11. The number of hydrogen-bond acceptors (Lipinski definition) is 4. The van der Waals surface area contributed by atoms with Crippen LogP contribution < -0.4 is 5.32 Å². The largest absolute Gasteiger partial charge is 0.380 e. The number of amides is 1. The summed E-state index contributed by atoms with van der Waals surface area (Å²) in [6.07, 6.45) is 7.58. The first-order valence-corrected chi connectivity index (χ1v) is 9.50. The Kier molecular flexibility index (Phi) is 6.31. The first kappa shape index (κ1) is 17.2. The van der Waals surface area contributed by atoms with E-state index in [9.17, 15) is 4.79 Å². The van der Waals surface area contributed by atoms with Crippen molar-refractivity contribution in [3.63, 3.8) is 0 Å². The van der Waals surface area contributed by atoms with E-state index in [1.54, 1.807) is 0 Å². The third kappa shape index (κ3) is 4.68. The number of likely N-dealkylation sites (tertiary alicyclic amines) is 1. The standard InChI is InChI=1S/C18H32N2O3/c1-2-3-17-12-14(6-11-23-17)18(21)19-15-4-8-20(9-5-15)16-7-10-22-13-16/h14-17H,2-13H2,1H3,(H,19,21)/t14-,16+,17+/m0/s1. The van der Waals surface area contributed by atoms with Crippen LogP contribution in [0.2, 0.25) is 0 Å². The lowest BCUT2D eigenvalue weighted by Gasteiger charge is -2.36. The second-order valence-corrected chi connectivity index (χ2v) is 7.34. The Morgan fingerprint density at radius 2 is 2.00 bits per heavy atom. The molecule has 3 atom stereocenters. The molecule has 1 N–H and O–H groups in total. The van der Waals surface area contributed by atoms with Gasteiger partial charge in [0.15, 0.2) is 0 Å². The summed E-state index contributed by atoms with van der Waals surface area (Å²) in [7, 11) is 0. The van der Waals surface area contributed by atoms with Gasteiger partial charge in [-0.2, -0.15) is 0 Å². The number of nitrogens with zero attached hydrogens (tertiary/aromatic N) is 1. The number of ether oxygens (including phenoxy) is 2. The SMILES string of the molecule is CCC[C@@H]1C[C@@H](C(=O)NC2CCN([C@@H]3CCOC3)CC2)CCO1. The first-order chi connectivity index (χ1) is 11.3. The molecule has 132 valence electrons. The van der Waals surface area contributed by atoms with Crippen LogP contribution in [-0.2, 0) is 14.3 Å². The van der Waals surface area contributed by atoms with Gasteiger partial charge in [-0.25, -0.2) is 0 Å². The molecule has 0 unspecified atom stereocenters. The van der Waals surface area contributed by atoms with E-state index < -0.39 is 0 Å². The minimum absolute atomic E-state index is 0.154. The van der Waals surface area contributed by atoms with Gasteiger partial charge in [-0.3, -0.25) is 9.69 Å². The van der Waals surface area contributed by atoms with Crippen molar-refractivity contribution < 1.29 is 14.3 Å². The Morgan fingerprint density at radius 3 is 2.70 bits per heavy atom. The Morgan fingerprint density at radius 1 is 1.17 bits per heavy atom. The van der Waals surface area contributed by atoms with Gasteiger partial charge in [0.05, 0.1) is 12.7 Å². The van der Waals surface area contributed by atoms with Crippen LogP contribution in [0.15, 0.2) is 0 Å². The van der Waals surface area contributed by atoms with E-state index in [-0.39, 0.29) is 17.9 Å². The van der Waals surface area contributed by atoms with Crippen molar-refractivity contribution in [2.45, 2.75) is 70.1 Å². The number of nitrogens with one attached hydrogen (secondary N) is 1. The van der Waals surface area contributed by atoms with E-state index >= 15 is 0 Å². The summed E-state index contributed by atoms with van der Waals surface area (Å²) >= 11 is 0. The molecule has 0 saturated carbocycles. The molecule has 0 aliphatic carbocycles. The number of carbonyl (C=O) groups excluding carboxylic acids is 1. The van der Waals surface area contributed by atoms with Crippen LogP contribution in [0, 0.1) is 5.92 Å². The Labute approximate surface area is 140 Å². The summed E-state index contributed by atoms with van der Waals surface area (Å²) in [6.45, 7) is 6.89. The smallest absolute Gasteiger partial charge is 0.223 e. The highest BCUT2D eigenvalue weighted by atomic mass is 16.5. The van der Waals surface area contributed by atoms with Gasteiger partial charge in [0.1, 0.15) is 0 Å². The molecule has 3 fully saturated rings. The number of hydrogen-bond donors (Lipinski definition) is 1. The number of rotatable bonds is 5. The van der Waals surface area contributed by atoms with Crippen molar-refractivity contribution in [1.29, 1.82) is 0 Å². The molecular formula is C18H32N2O3. The van der Waals surface area contributed by atoms with Crippen molar-refractivity contribution >= 4 is 5.91 Å². The lowest BCUT2D eigenvalue weighted by molar-refractivity contribution is -0.131. The van der Waals surface area contributed by atoms with Crippen LogP contribution >= 0.6 is 0 Å². The average molecular weight is 324 g/mol. The fraction of sp³-hybridized carbons (Fsp3) is 0.944. The van der Waals surface area contributed by atoms with E-state index in [2.05, 4.69) is 17.1 Å². The van der Waals surface area contributed by atoms with Crippen LogP contribution in [0.25, 0.3) is 0 Å². The minimum Gasteiger partial charge on any atom is -0.380 e. The van der Waals surface area contributed by atoms with E-state index in [4.69, 9.17) is 9.47 Å². The molecule has 3 aliphatic heterocycles. The molecule has 23 heavy (non-hydrogen) atoms. The molecule has 0 radical (unpaired) electrons. The Hall–Kier alpha value is -0.650. The van der Waals surface area contributed by atoms with Crippen LogP contribution in [0.5, 0.6) is 0 Å². The zero-order valence-corrected chi connectivity index (χ0v) is 14.5. The highest BCUT2D eigenvalue weighted by Crippen LogP contribution is 2.24. The molecule has 3 rings (SSSR count). The second kappa shape index (κ2) is 8.45. The fourth-order valence-electron chi connectivity index (χ4n) is 4.18. The van der Waals surface area contributed by atoms with Gasteiger partial charge in [0.25, 0.3) is 0 Å². The summed E-state index contributed by atoms with van der Waals surface area (Å²) in [5, 5.41) is 3.31. The maximum absolute atomic E-state index is 12.6. The monoisotopic (exact) mass is 324 g/mol. The van der Waals surface area contributed by atoms with E-state index in [0.29, 0.717) is 12.1 Å². The van der Waals surface area contributed by atoms with Gasteiger partial charge >= 0.3 is 0 Å². The summed E-state index contributed by atoms with van der Waals surface area (Å²) in [5.74, 6) is 0.415. The van der Waals surface area contributed by atoms with Crippen molar-refractivity contribution in [2.24, 2.45) is 5.92 Å². The molecule has 0 spiro atoms. The molecule has 0 aromatic carbocycles. The Bertz CT molecular complexity index is 374. The summed E-state index contributed by atoms with van der Waals surface area (Å²) < 4.78 is 11.2. The van der Waals surface area contributed by atoms with Crippen LogP contribution in [-0.4, -0.2) is 61.9 Å². The van der Waals surface area contributed by atoms with Crippen molar-refractivity contribution in [3.8, 4) is 0 Å². The van der Waals surface area contributed by atoms with Gasteiger partial charge in [0.2, 0.25) is 5.91 Å². The normalized spacial score (nSPS) is 33.7. The third-order valence-corrected chi connectivity index (χ3v) is 5.65. The predicted molar refractivity (Wildman–Crippen MR) is 89.3 cm³/mol. The van der Waals surface area contributed by atoms with E-state index in [0.717, 1.165) is 77.9 Å². The lowest BCUT2D eigenvalue weighted by atomic mass is 9.92. The predicted octanol–water partition coefficient (Wildman–Crippen LogP) is 1.95. The van der Waals surface area contributed by atoms with Crippen LogP contribution in [0.1, 0.15) is 51.9 Å². The van der Waals surface area contributed by atoms with Crippen LogP contribution in [0.3, 0.4) is 0 Å². The molecule has 3 aliphatic rings. The van der Waals surface area contributed by atoms with Gasteiger partial charge in [-0.1, -0.05) is 13.3 Å². The van der Waals surface area contributed by atoms with Crippen molar-refractivity contribution in [1.82, 2.24) is 10.2 Å². The lowest BCUT2D eigenvalue weighted by Crippen LogP contribution is -2.49. The first-order valence-electron chi connectivity index (χ1n) is 9.50. The van der Waals surface area contributed by atoms with E-state index in [1.165, 1.54) is 0 Å². The molecule has 0 aromatic rings. The zero-order valence-electron chi connectivity index (χ0n) is 14.5. The molecular weight excluding hydrogens is 292 g/mol. The quantitative estimate of drug-likeness (QED) is 0.840. The van der Waals surface area contributed by atoms with Crippen molar-refractivity contribution in [2.75, 3.05) is 32.9 Å². The molecule has 3 saturated heterocycles. The molecule has 3 heterocycles. The highest BCUT2D eigenvalue weighted by Gasteiger charge is 2.31. The Balaban J connectivity index is 1.40. The zero-order chi connectivity index (χ0) is 16.1.